The van der Waals surface area contributed by atoms with Crippen LogP contribution in [0.2, 0.25) is 0 Å². The van der Waals surface area contributed by atoms with E-state index in [0.717, 1.165) is 5.56 Å². The second kappa shape index (κ2) is 4.37. The summed E-state index contributed by atoms with van der Waals surface area (Å²) in [5.74, 6) is -0.156. The molecule has 1 aliphatic heterocycles. The van der Waals surface area contributed by atoms with Crippen molar-refractivity contribution in [2.75, 3.05) is 6.61 Å². The second-order valence-corrected chi connectivity index (χ2v) is 3.71. The van der Waals surface area contributed by atoms with Gasteiger partial charge in [0, 0.05) is 25.3 Å². The maximum Gasteiger partial charge on any atom is 0.247 e. The Morgan fingerprint density at radius 3 is 2.62 bits per heavy atom. The molecule has 0 bridgehead atoms. The molecular formula is C12H14N2O2. The lowest BCUT2D eigenvalue weighted by molar-refractivity contribution is -0.119. The molecule has 1 heterocycles. The molecule has 4 nitrogen and oxygen atoms in total. The molecule has 3 N–H and O–H groups in total. The molecule has 0 aliphatic carbocycles. The first-order chi connectivity index (χ1) is 7.77. The Morgan fingerprint density at radius 1 is 1.25 bits per heavy atom. The van der Waals surface area contributed by atoms with Crippen LogP contribution in [-0.4, -0.2) is 17.6 Å². The number of aliphatic hydroxyl groups excluding tert-OH is 1. The Morgan fingerprint density at radius 2 is 2.00 bits per heavy atom. The normalized spacial score (nSPS) is 23.7. The fourth-order valence-electron chi connectivity index (χ4n) is 1.87. The van der Waals surface area contributed by atoms with E-state index in [1.54, 1.807) is 6.20 Å². The van der Waals surface area contributed by atoms with Crippen molar-refractivity contribution >= 4 is 5.91 Å². The van der Waals surface area contributed by atoms with Crippen LogP contribution in [0.3, 0.4) is 0 Å². The van der Waals surface area contributed by atoms with Gasteiger partial charge in [-0.05, 0) is 5.56 Å². The predicted molar refractivity (Wildman–Crippen MR) is 60.2 cm³/mol. The average Bonchev–Trinajstić information content (AvgIpc) is 2.31. The molecule has 1 unspecified atom stereocenters. The van der Waals surface area contributed by atoms with Gasteiger partial charge in [0.05, 0.1) is 0 Å². The van der Waals surface area contributed by atoms with Gasteiger partial charge in [0.15, 0.2) is 0 Å². The van der Waals surface area contributed by atoms with Gasteiger partial charge in [0.1, 0.15) is 5.66 Å². The Hall–Kier alpha value is -1.81. The van der Waals surface area contributed by atoms with E-state index in [2.05, 4.69) is 10.6 Å². The summed E-state index contributed by atoms with van der Waals surface area (Å²) < 4.78 is 0. The zero-order chi connectivity index (χ0) is 11.4. The summed E-state index contributed by atoms with van der Waals surface area (Å²) in [6.07, 6.45) is 3.47. The number of carbonyl (C=O) groups is 1. The van der Waals surface area contributed by atoms with E-state index in [4.69, 9.17) is 5.11 Å². The lowest BCUT2D eigenvalue weighted by atomic mass is 9.95. The van der Waals surface area contributed by atoms with Crippen LogP contribution in [0.5, 0.6) is 0 Å². The highest BCUT2D eigenvalue weighted by molar-refractivity contribution is 5.89. The Kier molecular flexibility index (Phi) is 2.92. The van der Waals surface area contributed by atoms with Gasteiger partial charge in [-0.1, -0.05) is 30.3 Å². The van der Waals surface area contributed by atoms with Gasteiger partial charge in [0.25, 0.3) is 0 Å². The highest BCUT2D eigenvalue weighted by atomic mass is 16.3. The van der Waals surface area contributed by atoms with E-state index < -0.39 is 5.66 Å². The third-order valence-corrected chi connectivity index (χ3v) is 2.65. The number of benzene rings is 1. The largest absolute Gasteiger partial charge is 0.396 e. The van der Waals surface area contributed by atoms with Crippen molar-refractivity contribution in [2.24, 2.45) is 0 Å². The highest BCUT2D eigenvalue weighted by Gasteiger charge is 2.33. The van der Waals surface area contributed by atoms with Crippen molar-refractivity contribution in [3.05, 3.63) is 48.2 Å². The van der Waals surface area contributed by atoms with E-state index in [-0.39, 0.29) is 12.5 Å². The molecule has 0 radical (unpaired) electrons. The summed E-state index contributed by atoms with van der Waals surface area (Å²) in [4.78, 5) is 11.4. The number of rotatable bonds is 3. The minimum atomic E-state index is -0.693. The van der Waals surface area contributed by atoms with Gasteiger partial charge < -0.3 is 15.7 Å². The molecule has 1 aliphatic rings. The smallest absolute Gasteiger partial charge is 0.247 e. The topological polar surface area (TPSA) is 61.4 Å². The summed E-state index contributed by atoms with van der Waals surface area (Å²) in [6.45, 7) is -0.00395. The van der Waals surface area contributed by atoms with E-state index in [0.29, 0.717) is 6.42 Å². The highest BCUT2D eigenvalue weighted by Crippen LogP contribution is 2.23. The number of carbonyl (C=O) groups excluding carboxylic acids is 1. The van der Waals surface area contributed by atoms with Crippen LogP contribution in [0.4, 0.5) is 0 Å². The van der Waals surface area contributed by atoms with E-state index >= 15 is 0 Å². The van der Waals surface area contributed by atoms with Crippen molar-refractivity contribution in [3.63, 3.8) is 0 Å². The summed E-state index contributed by atoms with van der Waals surface area (Å²) >= 11 is 0. The number of hydrogen-bond acceptors (Lipinski definition) is 3. The molecule has 4 heteroatoms. The molecule has 1 amide bonds. The van der Waals surface area contributed by atoms with Crippen molar-refractivity contribution in [1.29, 1.82) is 0 Å². The van der Waals surface area contributed by atoms with Gasteiger partial charge in [0.2, 0.25) is 5.91 Å². The number of hydrogen-bond donors (Lipinski definition) is 3. The summed E-state index contributed by atoms with van der Waals surface area (Å²) in [5.41, 5.74) is 0.240. The molecule has 2 rings (SSSR count). The monoisotopic (exact) mass is 218 g/mol. The summed E-state index contributed by atoms with van der Waals surface area (Å²) in [7, 11) is 0. The van der Waals surface area contributed by atoms with Crippen molar-refractivity contribution in [1.82, 2.24) is 10.6 Å². The maximum absolute atomic E-state index is 11.4. The SMILES string of the molecule is O=C1C=CNC(CCO)(c2ccccc2)N1. The summed E-state index contributed by atoms with van der Waals surface area (Å²) in [6, 6.07) is 9.56. The molecule has 0 aromatic heterocycles. The quantitative estimate of drug-likeness (QED) is 0.690. The van der Waals surface area contributed by atoms with E-state index in [9.17, 15) is 4.79 Å². The third kappa shape index (κ3) is 1.92. The maximum atomic E-state index is 11.4. The molecular weight excluding hydrogens is 204 g/mol. The Labute approximate surface area is 94.0 Å². The van der Waals surface area contributed by atoms with Crippen LogP contribution in [0.1, 0.15) is 12.0 Å². The third-order valence-electron chi connectivity index (χ3n) is 2.65. The lowest BCUT2D eigenvalue weighted by Gasteiger charge is -2.37. The Bertz CT molecular complexity index is 403. The minimum Gasteiger partial charge on any atom is -0.396 e. The van der Waals surface area contributed by atoms with Crippen LogP contribution in [0.25, 0.3) is 0 Å². The zero-order valence-electron chi connectivity index (χ0n) is 8.81. The molecule has 0 saturated carbocycles. The van der Waals surface area contributed by atoms with Crippen molar-refractivity contribution in [2.45, 2.75) is 12.1 Å². The van der Waals surface area contributed by atoms with Crippen molar-refractivity contribution < 1.29 is 9.90 Å². The van der Waals surface area contributed by atoms with Gasteiger partial charge in [-0.25, -0.2) is 0 Å². The molecule has 0 fully saturated rings. The fourth-order valence-corrected chi connectivity index (χ4v) is 1.87. The standard InChI is InChI=1S/C12H14N2O2/c15-9-7-12(10-4-2-1-3-5-10)13-8-6-11(16)14-12/h1-6,8,13,15H,7,9H2,(H,14,16). The van der Waals surface area contributed by atoms with Crippen molar-refractivity contribution in [3.8, 4) is 0 Å². The number of amides is 1. The molecule has 84 valence electrons. The fraction of sp³-hybridized carbons (Fsp3) is 0.250. The molecule has 1 atom stereocenters. The summed E-state index contributed by atoms with van der Waals surface area (Å²) in [5, 5.41) is 15.1. The van der Waals surface area contributed by atoms with Crippen LogP contribution < -0.4 is 10.6 Å². The molecule has 1 aromatic rings. The molecule has 16 heavy (non-hydrogen) atoms. The average molecular weight is 218 g/mol. The van der Waals surface area contributed by atoms with Crippen LogP contribution in [0.15, 0.2) is 42.6 Å². The van der Waals surface area contributed by atoms with Crippen LogP contribution >= 0.6 is 0 Å². The molecule has 0 saturated heterocycles. The van der Waals surface area contributed by atoms with Crippen LogP contribution in [0, 0.1) is 0 Å². The lowest BCUT2D eigenvalue weighted by Crippen LogP contribution is -2.56. The van der Waals surface area contributed by atoms with Crippen LogP contribution in [-0.2, 0) is 10.5 Å². The number of nitrogens with one attached hydrogen (secondary N) is 2. The zero-order valence-corrected chi connectivity index (χ0v) is 8.81. The van der Waals surface area contributed by atoms with E-state index in [1.165, 1.54) is 6.08 Å². The first-order valence-electron chi connectivity index (χ1n) is 5.20. The second-order valence-electron chi connectivity index (χ2n) is 3.71. The Balaban J connectivity index is 2.36. The first kappa shape index (κ1) is 10.7. The van der Waals surface area contributed by atoms with E-state index in [1.807, 2.05) is 30.3 Å². The number of aliphatic hydroxyl groups is 1. The van der Waals surface area contributed by atoms with Gasteiger partial charge >= 0.3 is 0 Å². The first-order valence-corrected chi connectivity index (χ1v) is 5.20. The van der Waals surface area contributed by atoms with Gasteiger partial charge in [-0.15, -0.1) is 0 Å². The predicted octanol–water partition coefficient (Wildman–Crippen LogP) is 0.455. The molecule has 0 spiro atoms. The van der Waals surface area contributed by atoms with Gasteiger partial charge in [-0.2, -0.15) is 0 Å². The van der Waals surface area contributed by atoms with Gasteiger partial charge in [-0.3, -0.25) is 4.79 Å². The molecule has 1 aromatic carbocycles. The minimum absolute atomic E-state index is 0.00395.